The van der Waals surface area contributed by atoms with Crippen molar-refractivity contribution in [2.75, 3.05) is 5.73 Å². The van der Waals surface area contributed by atoms with Gasteiger partial charge in [0.2, 0.25) is 5.82 Å². The highest BCUT2D eigenvalue weighted by molar-refractivity contribution is 5.68. The molecule has 0 radical (unpaired) electrons. The number of hydrogen-bond acceptors (Lipinski definition) is 5. The standard InChI is InChI=1S/C15H12FN3O2/c1-8-2-3-9(16)6-12(8)14-18-15(21-19-14)11-5-4-10(17)7-13(11)20/h2-7,20H,17H2,1H3. The predicted octanol–water partition coefficient (Wildman–Crippen LogP) is 3.14. The fourth-order valence-electron chi connectivity index (χ4n) is 2.01. The lowest BCUT2D eigenvalue weighted by atomic mass is 10.1. The molecule has 21 heavy (non-hydrogen) atoms. The molecule has 0 aliphatic rings. The number of aromatic hydroxyl groups is 1. The van der Waals surface area contributed by atoms with Crippen molar-refractivity contribution in [2.45, 2.75) is 6.92 Å². The Morgan fingerprint density at radius 2 is 1.95 bits per heavy atom. The number of halogens is 1. The average Bonchev–Trinajstić information content (AvgIpc) is 2.91. The van der Waals surface area contributed by atoms with Gasteiger partial charge in [0.05, 0.1) is 5.56 Å². The number of phenols is 1. The summed E-state index contributed by atoms with van der Waals surface area (Å²) in [4.78, 5) is 4.20. The summed E-state index contributed by atoms with van der Waals surface area (Å²) < 4.78 is 18.5. The SMILES string of the molecule is Cc1ccc(F)cc1-c1noc(-c2ccc(N)cc2O)n1. The first-order valence-corrected chi connectivity index (χ1v) is 6.23. The van der Waals surface area contributed by atoms with Crippen LogP contribution in [0.3, 0.4) is 0 Å². The molecule has 3 N–H and O–H groups in total. The van der Waals surface area contributed by atoms with Crippen molar-refractivity contribution < 1.29 is 14.0 Å². The van der Waals surface area contributed by atoms with Crippen LogP contribution >= 0.6 is 0 Å². The lowest BCUT2D eigenvalue weighted by Crippen LogP contribution is -1.88. The number of nitrogen functional groups attached to an aromatic ring is 1. The van der Waals surface area contributed by atoms with Crippen molar-refractivity contribution in [3.8, 4) is 28.6 Å². The molecule has 0 saturated carbocycles. The Bertz CT molecular complexity index is 814. The van der Waals surface area contributed by atoms with Crippen molar-refractivity contribution in [3.05, 3.63) is 47.8 Å². The predicted molar refractivity (Wildman–Crippen MR) is 75.9 cm³/mol. The lowest BCUT2D eigenvalue weighted by Gasteiger charge is -2.01. The van der Waals surface area contributed by atoms with Crippen molar-refractivity contribution in [2.24, 2.45) is 0 Å². The van der Waals surface area contributed by atoms with Crippen LogP contribution in [0.1, 0.15) is 5.56 Å². The highest BCUT2D eigenvalue weighted by Gasteiger charge is 2.15. The zero-order valence-corrected chi connectivity index (χ0v) is 11.2. The van der Waals surface area contributed by atoms with Crippen LogP contribution in [0.5, 0.6) is 5.75 Å². The quantitative estimate of drug-likeness (QED) is 0.706. The molecule has 106 valence electrons. The van der Waals surface area contributed by atoms with E-state index >= 15 is 0 Å². The molecule has 5 nitrogen and oxygen atoms in total. The highest BCUT2D eigenvalue weighted by Crippen LogP contribution is 2.31. The summed E-state index contributed by atoms with van der Waals surface area (Å²) in [6.45, 7) is 1.82. The van der Waals surface area contributed by atoms with Gasteiger partial charge >= 0.3 is 0 Å². The molecule has 0 unspecified atom stereocenters. The zero-order chi connectivity index (χ0) is 15.0. The topological polar surface area (TPSA) is 85.2 Å². The number of aromatic nitrogens is 2. The fourth-order valence-corrected chi connectivity index (χ4v) is 2.01. The smallest absolute Gasteiger partial charge is 0.262 e. The summed E-state index contributed by atoms with van der Waals surface area (Å²) in [5.74, 6) is -0.0252. The van der Waals surface area contributed by atoms with Crippen molar-refractivity contribution >= 4 is 5.69 Å². The first kappa shape index (κ1) is 13.1. The van der Waals surface area contributed by atoms with E-state index in [1.165, 1.54) is 18.2 Å². The normalized spacial score (nSPS) is 10.8. The first-order valence-electron chi connectivity index (χ1n) is 6.23. The van der Waals surface area contributed by atoms with E-state index in [0.29, 0.717) is 16.8 Å². The Kier molecular flexibility index (Phi) is 3.06. The molecule has 0 bridgehead atoms. The van der Waals surface area contributed by atoms with E-state index in [9.17, 15) is 9.50 Å². The van der Waals surface area contributed by atoms with Crippen molar-refractivity contribution in [3.63, 3.8) is 0 Å². The summed E-state index contributed by atoms with van der Waals surface area (Å²) in [7, 11) is 0. The van der Waals surface area contributed by atoms with Gasteiger partial charge in [-0.1, -0.05) is 11.2 Å². The van der Waals surface area contributed by atoms with Crippen LogP contribution < -0.4 is 5.73 Å². The largest absolute Gasteiger partial charge is 0.507 e. The van der Waals surface area contributed by atoms with Gasteiger partial charge in [0.15, 0.2) is 0 Å². The molecule has 1 aromatic heterocycles. The number of aryl methyl sites for hydroxylation is 1. The maximum absolute atomic E-state index is 13.3. The van der Waals surface area contributed by atoms with Crippen LogP contribution in [0, 0.1) is 12.7 Å². The van der Waals surface area contributed by atoms with Gasteiger partial charge < -0.3 is 15.4 Å². The van der Waals surface area contributed by atoms with Crippen LogP contribution in [0.25, 0.3) is 22.8 Å². The number of benzene rings is 2. The Morgan fingerprint density at radius 1 is 1.14 bits per heavy atom. The minimum atomic E-state index is -0.378. The molecule has 0 aliphatic heterocycles. The molecule has 3 aromatic rings. The number of nitrogens with two attached hydrogens (primary N) is 1. The third kappa shape index (κ3) is 2.43. The van der Waals surface area contributed by atoms with Crippen LogP contribution in [0.4, 0.5) is 10.1 Å². The van der Waals surface area contributed by atoms with Crippen LogP contribution in [-0.4, -0.2) is 15.2 Å². The molecule has 0 amide bonds. The van der Waals surface area contributed by atoms with Gasteiger partial charge in [-0.15, -0.1) is 0 Å². The van der Waals surface area contributed by atoms with E-state index < -0.39 is 0 Å². The van der Waals surface area contributed by atoms with E-state index in [1.54, 1.807) is 18.2 Å². The summed E-state index contributed by atoms with van der Waals surface area (Å²) in [6.07, 6.45) is 0. The molecular weight excluding hydrogens is 273 g/mol. The second-order valence-electron chi connectivity index (χ2n) is 4.66. The van der Waals surface area contributed by atoms with Crippen LogP contribution in [0.15, 0.2) is 40.9 Å². The second kappa shape index (κ2) is 4.90. The summed E-state index contributed by atoms with van der Waals surface area (Å²) in [5, 5.41) is 13.7. The van der Waals surface area contributed by atoms with Crippen LogP contribution in [-0.2, 0) is 0 Å². The van der Waals surface area contributed by atoms with E-state index in [-0.39, 0.29) is 23.3 Å². The molecular formula is C15H12FN3O2. The fraction of sp³-hybridized carbons (Fsp3) is 0.0667. The minimum absolute atomic E-state index is 0.0545. The lowest BCUT2D eigenvalue weighted by molar-refractivity contribution is 0.426. The third-order valence-electron chi connectivity index (χ3n) is 3.12. The zero-order valence-electron chi connectivity index (χ0n) is 11.2. The molecule has 0 fully saturated rings. The number of rotatable bonds is 2. The van der Waals surface area contributed by atoms with Gasteiger partial charge in [0, 0.05) is 17.3 Å². The molecule has 1 heterocycles. The number of anilines is 1. The van der Waals surface area contributed by atoms with Crippen molar-refractivity contribution in [1.82, 2.24) is 10.1 Å². The van der Waals surface area contributed by atoms with Gasteiger partial charge in [-0.05, 0) is 36.8 Å². The van der Waals surface area contributed by atoms with Gasteiger partial charge in [0.25, 0.3) is 5.89 Å². The summed E-state index contributed by atoms with van der Waals surface area (Å²) in [5.41, 5.74) is 7.74. The Balaban J connectivity index is 2.06. The van der Waals surface area contributed by atoms with Crippen LogP contribution in [0.2, 0.25) is 0 Å². The van der Waals surface area contributed by atoms with E-state index in [0.717, 1.165) is 5.56 Å². The monoisotopic (exact) mass is 285 g/mol. The Morgan fingerprint density at radius 3 is 2.71 bits per heavy atom. The summed E-state index contributed by atoms with van der Waals surface area (Å²) >= 11 is 0. The van der Waals surface area contributed by atoms with E-state index in [1.807, 2.05) is 6.92 Å². The van der Waals surface area contributed by atoms with E-state index in [2.05, 4.69) is 10.1 Å². The van der Waals surface area contributed by atoms with Gasteiger partial charge in [-0.3, -0.25) is 0 Å². The number of hydrogen-bond donors (Lipinski definition) is 2. The molecule has 3 rings (SSSR count). The average molecular weight is 285 g/mol. The molecule has 6 heteroatoms. The molecule has 2 aromatic carbocycles. The maximum atomic E-state index is 13.3. The Hall–Kier alpha value is -2.89. The van der Waals surface area contributed by atoms with Crippen molar-refractivity contribution in [1.29, 1.82) is 0 Å². The van der Waals surface area contributed by atoms with Gasteiger partial charge in [-0.2, -0.15) is 4.98 Å². The minimum Gasteiger partial charge on any atom is -0.507 e. The highest BCUT2D eigenvalue weighted by atomic mass is 19.1. The maximum Gasteiger partial charge on any atom is 0.262 e. The molecule has 0 saturated heterocycles. The number of nitrogens with zero attached hydrogens (tertiary/aromatic N) is 2. The first-order chi connectivity index (χ1) is 10.0. The van der Waals surface area contributed by atoms with E-state index in [4.69, 9.17) is 10.3 Å². The summed E-state index contributed by atoms with van der Waals surface area (Å²) in [6, 6.07) is 8.94. The number of phenolic OH excluding ortho intramolecular Hbond substituents is 1. The molecule has 0 spiro atoms. The Labute approximate surface area is 119 Å². The van der Waals surface area contributed by atoms with Gasteiger partial charge in [-0.25, -0.2) is 4.39 Å². The second-order valence-corrected chi connectivity index (χ2v) is 4.66. The molecule has 0 atom stereocenters. The molecule has 0 aliphatic carbocycles. The van der Waals surface area contributed by atoms with Gasteiger partial charge in [0.1, 0.15) is 11.6 Å². The third-order valence-corrected chi connectivity index (χ3v) is 3.12.